The summed E-state index contributed by atoms with van der Waals surface area (Å²) in [7, 11) is 0. The molecule has 0 radical (unpaired) electrons. The van der Waals surface area contributed by atoms with Gasteiger partial charge in [-0.1, -0.05) is 26.2 Å². The van der Waals surface area contributed by atoms with Crippen molar-refractivity contribution in [3.8, 4) is 0 Å². The average Bonchev–Trinajstić information content (AvgIpc) is 2.18. The number of hydrogen-bond acceptors (Lipinski definition) is 2. The zero-order valence-corrected chi connectivity index (χ0v) is 9.54. The van der Waals surface area contributed by atoms with E-state index in [0.29, 0.717) is 5.92 Å². The lowest BCUT2D eigenvalue weighted by molar-refractivity contribution is -0.152. The summed E-state index contributed by atoms with van der Waals surface area (Å²) in [6.45, 7) is 2.31. The van der Waals surface area contributed by atoms with Gasteiger partial charge >= 0.3 is 5.97 Å². The van der Waals surface area contributed by atoms with E-state index in [1.807, 2.05) is 0 Å². The Hall–Kier alpha value is -0.570. The molecule has 0 saturated heterocycles. The van der Waals surface area contributed by atoms with Crippen LogP contribution in [0.15, 0.2) is 0 Å². The molecule has 1 saturated carbocycles. The second-order valence-electron chi connectivity index (χ2n) is 4.97. The molecule has 2 atom stereocenters. The Bertz CT molecular complexity index is 215. The summed E-state index contributed by atoms with van der Waals surface area (Å²) in [6.07, 6.45) is 6.11. The molecule has 1 rings (SSSR count). The smallest absolute Gasteiger partial charge is 0.309 e. The van der Waals surface area contributed by atoms with Gasteiger partial charge in [-0.3, -0.25) is 4.79 Å². The van der Waals surface area contributed by atoms with Gasteiger partial charge in [-0.15, -0.1) is 0 Å². The van der Waals surface area contributed by atoms with Crippen LogP contribution in [0, 0.1) is 11.3 Å². The van der Waals surface area contributed by atoms with Gasteiger partial charge in [0.1, 0.15) is 0 Å². The number of aliphatic hydroxyl groups excluding tert-OH is 1. The summed E-state index contributed by atoms with van der Waals surface area (Å²) in [4.78, 5) is 11.4. The maximum Gasteiger partial charge on any atom is 0.309 e. The van der Waals surface area contributed by atoms with E-state index in [1.54, 1.807) is 0 Å². The zero-order valence-electron chi connectivity index (χ0n) is 9.54. The van der Waals surface area contributed by atoms with Crippen molar-refractivity contribution < 1.29 is 15.0 Å². The van der Waals surface area contributed by atoms with Crippen molar-refractivity contribution in [1.82, 2.24) is 0 Å². The minimum absolute atomic E-state index is 0.172. The molecule has 0 bridgehead atoms. The third-order valence-corrected chi connectivity index (χ3v) is 3.61. The van der Waals surface area contributed by atoms with Crippen molar-refractivity contribution in [1.29, 1.82) is 0 Å². The summed E-state index contributed by atoms with van der Waals surface area (Å²) in [6, 6.07) is 0. The van der Waals surface area contributed by atoms with Crippen molar-refractivity contribution in [2.75, 3.05) is 6.61 Å². The Morgan fingerprint density at radius 1 is 1.47 bits per heavy atom. The minimum Gasteiger partial charge on any atom is -0.481 e. The first-order valence-electron chi connectivity index (χ1n) is 5.95. The molecule has 1 aliphatic carbocycles. The van der Waals surface area contributed by atoms with Gasteiger partial charge in [-0.05, 0) is 31.6 Å². The quantitative estimate of drug-likeness (QED) is 0.691. The fraction of sp³-hybridized carbons (Fsp3) is 0.917. The lowest BCUT2D eigenvalue weighted by atomic mass is 9.67. The SMILES string of the molecule is CC1CCCC(CCCCO)(C(=O)O)C1. The van der Waals surface area contributed by atoms with Crippen LogP contribution in [-0.4, -0.2) is 22.8 Å². The Balaban J connectivity index is 2.57. The molecule has 0 aliphatic heterocycles. The first kappa shape index (κ1) is 12.5. The first-order chi connectivity index (χ1) is 7.10. The molecule has 1 aliphatic rings. The van der Waals surface area contributed by atoms with Gasteiger partial charge in [0.2, 0.25) is 0 Å². The molecule has 0 aromatic rings. The molecular formula is C12H22O3. The Kier molecular flexibility index (Phi) is 4.58. The van der Waals surface area contributed by atoms with E-state index in [-0.39, 0.29) is 6.61 Å². The van der Waals surface area contributed by atoms with Crippen molar-refractivity contribution >= 4 is 5.97 Å². The van der Waals surface area contributed by atoms with E-state index in [9.17, 15) is 9.90 Å². The molecule has 0 spiro atoms. The van der Waals surface area contributed by atoms with Gasteiger partial charge < -0.3 is 10.2 Å². The van der Waals surface area contributed by atoms with Crippen LogP contribution in [0.25, 0.3) is 0 Å². The van der Waals surface area contributed by atoms with E-state index in [0.717, 1.165) is 44.9 Å². The number of rotatable bonds is 5. The van der Waals surface area contributed by atoms with Gasteiger partial charge in [0.25, 0.3) is 0 Å². The van der Waals surface area contributed by atoms with Gasteiger partial charge in [0.05, 0.1) is 5.41 Å². The molecule has 0 aromatic heterocycles. The number of carboxylic acid groups (broad SMARTS) is 1. The van der Waals surface area contributed by atoms with Crippen LogP contribution in [0.3, 0.4) is 0 Å². The number of aliphatic carboxylic acids is 1. The van der Waals surface area contributed by atoms with E-state index < -0.39 is 11.4 Å². The molecule has 0 amide bonds. The van der Waals surface area contributed by atoms with E-state index in [4.69, 9.17) is 5.11 Å². The lowest BCUT2D eigenvalue weighted by Crippen LogP contribution is -2.35. The molecule has 3 nitrogen and oxygen atoms in total. The molecule has 88 valence electrons. The normalized spacial score (nSPS) is 31.5. The van der Waals surface area contributed by atoms with Crippen molar-refractivity contribution in [2.24, 2.45) is 11.3 Å². The highest BCUT2D eigenvalue weighted by molar-refractivity contribution is 5.74. The first-order valence-corrected chi connectivity index (χ1v) is 5.95. The Morgan fingerprint density at radius 3 is 2.73 bits per heavy atom. The number of unbranched alkanes of at least 4 members (excludes halogenated alkanes) is 1. The van der Waals surface area contributed by atoms with Crippen LogP contribution < -0.4 is 0 Å². The standard InChI is InChI=1S/C12H22O3/c1-10-5-4-7-12(9-10,11(14)15)6-2-3-8-13/h10,13H,2-9H2,1H3,(H,14,15). The second-order valence-corrected chi connectivity index (χ2v) is 4.97. The number of carboxylic acids is 1. The summed E-state index contributed by atoms with van der Waals surface area (Å²) < 4.78 is 0. The Labute approximate surface area is 91.5 Å². The van der Waals surface area contributed by atoms with Crippen molar-refractivity contribution in [3.05, 3.63) is 0 Å². The van der Waals surface area contributed by atoms with Gasteiger partial charge in [0.15, 0.2) is 0 Å². The van der Waals surface area contributed by atoms with Crippen LogP contribution in [0.2, 0.25) is 0 Å². The highest BCUT2D eigenvalue weighted by Gasteiger charge is 2.40. The largest absolute Gasteiger partial charge is 0.481 e. The maximum absolute atomic E-state index is 11.4. The molecule has 15 heavy (non-hydrogen) atoms. The topological polar surface area (TPSA) is 57.5 Å². The average molecular weight is 214 g/mol. The third kappa shape index (κ3) is 3.20. The number of hydrogen-bond donors (Lipinski definition) is 2. The van der Waals surface area contributed by atoms with Crippen LogP contribution in [-0.2, 0) is 4.79 Å². The summed E-state index contributed by atoms with van der Waals surface area (Å²) in [5, 5.41) is 18.1. The van der Waals surface area contributed by atoms with E-state index in [2.05, 4.69) is 6.92 Å². The zero-order chi connectivity index (χ0) is 11.3. The van der Waals surface area contributed by atoms with E-state index >= 15 is 0 Å². The van der Waals surface area contributed by atoms with Gasteiger partial charge in [-0.25, -0.2) is 0 Å². The van der Waals surface area contributed by atoms with Gasteiger partial charge in [-0.2, -0.15) is 0 Å². The second kappa shape index (κ2) is 5.50. The third-order valence-electron chi connectivity index (χ3n) is 3.61. The van der Waals surface area contributed by atoms with Crippen LogP contribution >= 0.6 is 0 Å². The predicted octanol–water partition coefficient (Wildman–Crippen LogP) is 2.43. The predicted molar refractivity (Wildman–Crippen MR) is 58.6 cm³/mol. The molecule has 0 aromatic carbocycles. The van der Waals surface area contributed by atoms with Crippen LogP contribution in [0.4, 0.5) is 0 Å². The summed E-state index contributed by atoms with van der Waals surface area (Å²) >= 11 is 0. The van der Waals surface area contributed by atoms with Crippen molar-refractivity contribution in [3.63, 3.8) is 0 Å². The molecular weight excluding hydrogens is 192 g/mol. The minimum atomic E-state index is -0.632. The fourth-order valence-electron chi connectivity index (χ4n) is 2.76. The molecule has 1 fully saturated rings. The van der Waals surface area contributed by atoms with Gasteiger partial charge in [0, 0.05) is 6.61 Å². The van der Waals surface area contributed by atoms with E-state index in [1.165, 1.54) is 0 Å². The monoisotopic (exact) mass is 214 g/mol. The van der Waals surface area contributed by atoms with Crippen LogP contribution in [0.1, 0.15) is 51.9 Å². The molecule has 2 unspecified atom stereocenters. The molecule has 2 N–H and O–H groups in total. The Morgan fingerprint density at radius 2 is 2.20 bits per heavy atom. The highest BCUT2D eigenvalue weighted by Crippen LogP contribution is 2.43. The highest BCUT2D eigenvalue weighted by atomic mass is 16.4. The number of carbonyl (C=O) groups is 1. The molecule has 0 heterocycles. The molecule has 3 heteroatoms. The summed E-state index contributed by atoms with van der Waals surface area (Å²) in [5.74, 6) is -0.101. The van der Waals surface area contributed by atoms with Crippen molar-refractivity contribution in [2.45, 2.75) is 51.9 Å². The lowest BCUT2D eigenvalue weighted by Gasteiger charge is -2.36. The maximum atomic E-state index is 11.4. The van der Waals surface area contributed by atoms with Crippen LogP contribution in [0.5, 0.6) is 0 Å². The summed E-state index contributed by atoms with van der Waals surface area (Å²) in [5.41, 5.74) is -0.493. The fourth-order valence-corrected chi connectivity index (χ4v) is 2.76. The number of aliphatic hydroxyl groups is 1.